The number of urea groups is 1. The van der Waals surface area contributed by atoms with E-state index in [9.17, 15) is 9.59 Å². The van der Waals surface area contributed by atoms with Crippen LogP contribution in [0, 0.1) is 0 Å². The first-order valence-electron chi connectivity index (χ1n) is 10.8. The van der Waals surface area contributed by atoms with Crippen molar-refractivity contribution in [2.45, 2.75) is 37.1 Å². The number of halogens is 2. The van der Waals surface area contributed by atoms with Crippen LogP contribution in [0.5, 0.6) is 0 Å². The second-order valence-corrected chi connectivity index (χ2v) is 8.92. The Morgan fingerprint density at radius 3 is 2.44 bits per heavy atom. The summed E-state index contributed by atoms with van der Waals surface area (Å²) in [6, 6.07) is 15.5. The molecule has 3 amide bonds. The van der Waals surface area contributed by atoms with Gasteiger partial charge in [0.1, 0.15) is 0 Å². The number of benzene rings is 2. The van der Waals surface area contributed by atoms with Crippen LogP contribution in [0.1, 0.15) is 41.6 Å². The summed E-state index contributed by atoms with van der Waals surface area (Å²) in [6.45, 7) is 1.95. The molecule has 0 aromatic heterocycles. The Bertz CT molecular complexity index is 959. The Hall–Kier alpha value is -2.28. The van der Waals surface area contributed by atoms with Crippen molar-refractivity contribution in [1.29, 1.82) is 0 Å². The molecule has 4 rings (SSSR count). The van der Waals surface area contributed by atoms with Gasteiger partial charge in [0.2, 0.25) is 0 Å². The molecule has 1 aliphatic carbocycles. The summed E-state index contributed by atoms with van der Waals surface area (Å²) < 4.78 is 0. The number of anilines is 1. The van der Waals surface area contributed by atoms with Gasteiger partial charge in [0.15, 0.2) is 0 Å². The Morgan fingerprint density at radius 2 is 1.84 bits per heavy atom. The fourth-order valence-electron chi connectivity index (χ4n) is 4.97. The first-order chi connectivity index (χ1) is 15.0. The van der Waals surface area contributed by atoms with Crippen LogP contribution in [-0.2, 0) is 5.41 Å². The van der Waals surface area contributed by atoms with Crippen molar-refractivity contribution >= 4 is 41.6 Å². The zero-order valence-corrected chi connectivity index (χ0v) is 19.8. The lowest BCUT2D eigenvalue weighted by Crippen LogP contribution is -2.46. The van der Waals surface area contributed by atoms with E-state index in [1.165, 1.54) is 5.56 Å². The van der Waals surface area contributed by atoms with Gasteiger partial charge in [-0.2, -0.15) is 0 Å². The van der Waals surface area contributed by atoms with Crippen molar-refractivity contribution in [1.82, 2.24) is 10.2 Å². The fourth-order valence-corrected chi connectivity index (χ4v) is 5.16. The smallest absolute Gasteiger partial charge is 0.324 e. The number of amides is 3. The van der Waals surface area contributed by atoms with Gasteiger partial charge in [-0.15, -0.1) is 12.4 Å². The lowest BCUT2D eigenvalue weighted by molar-refractivity contribution is 0.0963. The third kappa shape index (κ3) is 4.58. The second kappa shape index (κ2) is 10.1. The summed E-state index contributed by atoms with van der Waals surface area (Å²) in [6.07, 6.45) is 3.75. The Morgan fingerprint density at radius 1 is 1.16 bits per heavy atom. The molecule has 32 heavy (non-hydrogen) atoms. The first-order valence-corrected chi connectivity index (χ1v) is 11.2. The van der Waals surface area contributed by atoms with E-state index in [0.717, 1.165) is 36.4 Å². The molecule has 0 unspecified atom stereocenters. The highest BCUT2D eigenvalue weighted by Crippen LogP contribution is 2.41. The number of rotatable bonds is 5. The molecular weight excluding hydrogens is 447 g/mol. The molecule has 8 heteroatoms. The molecule has 0 spiro atoms. The minimum absolute atomic E-state index is 0. The van der Waals surface area contributed by atoms with Gasteiger partial charge in [-0.05, 0) is 67.6 Å². The van der Waals surface area contributed by atoms with Crippen molar-refractivity contribution in [3.63, 3.8) is 0 Å². The van der Waals surface area contributed by atoms with E-state index in [2.05, 4.69) is 11.4 Å². The normalized spacial score (nSPS) is 23.1. The molecule has 2 aliphatic rings. The number of hydrogen-bond donors (Lipinski definition) is 2. The summed E-state index contributed by atoms with van der Waals surface area (Å²) in [5.41, 5.74) is 8.77. The molecule has 1 heterocycles. The van der Waals surface area contributed by atoms with E-state index in [4.69, 9.17) is 17.3 Å². The lowest BCUT2D eigenvalue weighted by Gasteiger charge is -2.42. The molecule has 2 fully saturated rings. The highest BCUT2D eigenvalue weighted by Gasteiger charge is 2.41. The van der Waals surface area contributed by atoms with Gasteiger partial charge in [0.25, 0.3) is 5.91 Å². The minimum atomic E-state index is -0.133. The van der Waals surface area contributed by atoms with Crippen molar-refractivity contribution in [3.8, 4) is 0 Å². The van der Waals surface area contributed by atoms with E-state index >= 15 is 0 Å². The number of carbonyl (C=O) groups is 2. The molecule has 0 radical (unpaired) electrons. The molecule has 1 saturated carbocycles. The lowest BCUT2D eigenvalue weighted by atomic mass is 9.68. The molecular formula is C24H30Cl2N4O2. The summed E-state index contributed by atoms with van der Waals surface area (Å²) in [5, 5.41) is 3.35. The molecule has 3 N–H and O–H groups in total. The fraction of sp³-hybridized carbons (Fsp3) is 0.417. The van der Waals surface area contributed by atoms with Gasteiger partial charge in [0, 0.05) is 54.4 Å². The van der Waals surface area contributed by atoms with E-state index in [1.807, 2.05) is 35.2 Å². The van der Waals surface area contributed by atoms with E-state index in [1.54, 1.807) is 24.1 Å². The third-order valence-electron chi connectivity index (χ3n) is 6.89. The van der Waals surface area contributed by atoms with Crippen LogP contribution in [0.25, 0.3) is 0 Å². The Kier molecular flexibility index (Phi) is 7.70. The Balaban J connectivity index is 0.00000289. The maximum absolute atomic E-state index is 13.2. The van der Waals surface area contributed by atoms with Gasteiger partial charge in [-0.1, -0.05) is 23.7 Å². The molecule has 172 valence electrons. The average Bonchev–Trinajstić information content (AvgIpc) is 3.20. The van der Waals surface area contributed by atoms with Crippen LogP contribution < -0.4 is 16.0 Å². The van der Waals surface area contributed by atoms with Gasteiger partial charge in [-0.25, -0.2) is 4.79 Å². The highest BCUT2D eigenvalue weighted by molar-refractivity contribution is 6.30. The predicted molar refractivity (Wildman–Crippen MR) is 131 cm³/mol. The average molecular weight is 477 g/mol. The second-order valence-electron chi connectivity index (χ2n) is 8.48. The summed E-state index contributed by atoms with van der Waals surface area (Å²) in [7, 11) is 1.61. The zero-order chi connectivity index (χ0) is 22.0. The first kappa shape index (κ1) is 24.4. The topological polar surface area (TPSA) is 78.7 Å². The van der Waals surface area contributed by atoms with Gasteiger partial charge in [-0.3, -0.25) is 9.69 Å². The van der Waals surface area contributed by atoms with E-state index < -0.39 is 0 Å². The quantitative estimate of drug-likeness (QED) is 0.678. The van der Waals surface area contributed by atoms with E-state index in [0.29, 0.717) is 25.2 Å². The van der Waals surface area contributed by atoms with Crippen molar-refractivity contribution in [3.05, 3.63) is 64.7 Å². The predicted octanol–water partition coefficient (Wildman–Crippen LogP) is 4.20. The van der Waals surface area contributed by atoms with E-state index in [-0.39, 0.29) is 35.8 Å². The van der Waals surface area contributed by atoms with Gasteiger partial charge in [0.05, 0.1) is 0 Å². The molecule has 0 bridgehead atoms. The minimum Gasteiger partial charge on any atom is -0.355 e. The van der Waals surface area contributed by atoms with Crippen LogP contribution >= 0.6 is 24.0 Å². The van der Waals surface area contributed by atoms with Crippen molar-refractivity contribution in [2.75, 3.05) is 31.6 Å². The molecule has 1 aliphatic heterocycles. The molecule has 1 saturated heterocycles. The number of carbonyl (C=O) groups excluding carboxylic acids is 2. The zero-order valence-electron chi connectivity index (χ0n) is 18.2. The molecule has 6 nitrogen and oxygen atoms in total. The Labute approximate surface area is 200 Å². The standard InChI is InChI=1S/C24H29ClN4O2.ClH/c1-27-22(30)17-5-7-20(8-6-17)28-13-14-29(23(28)31)21-9-11-24(16-26,12-10-21)18-3-2-4-19(25)15-18;/h2-8,15,21H,9-14,16,26H2,1H3,(H,27,30);1H. The van der Waals surface area contributed by atoms with Crippen LogP contribution in [0.4, 0.5) is 10.5 Å². The number of nitrogens with two attached hydrogens (primary N) is 1. The molecule has 0 atom stereocenters. The largest absolute Gasteiger partial charge is 0.355 e. The van der Waals surface area contributed by atoms with Crippen molar-refractivity contribution in [2.24, 2.45) is 5.73 Å². The van der Waals surface area contributed by atoms with Crippen LogP contribution in [0.3, 0.4) is 0 Å². The molecule has 2 aromatic carbocycles. The highest BCUT2D eigenvalue weighted by atomic mass is 35.5. The maximum atomic E-state index is 13.2. The van der Waals surface area contributed by atoms with Gasteiger partial charge < -0.3 is 16.0 Å². The summed E-state index contributed by atoms with van der Waals surface area (Å²) >= 11 is 6.22. The molecule has 2 aromatic rings. The van der Waals surface area contributed by atoms with Crippen LogP contribution in [0.15, 0.2) is 48.5 Å². The number of hydrogen-bond acceptors (Lipinski definition) is 3. The van der Waals surface area contributed by atoms with Crippen LogP contribution in [-0.4, -0.2) is 49.6 Å². The van der Waals surface area contributed by atoms with Crippen molar-refractivity contribution < 1.29 is 9.59 Å². The third-order valence-corrected chi connectivity index (χ3v) is 7.13. The SMILES string of the molecule is CNC(=O)c1ccc(N2CCN(C3CCC(CN)(c4cccc(Cl)c4)CC3)C2=O)cc1.Cl. The number of nitrogens with one attached hydrogen (secondary N) is 1. The monoisotopic (exact) mass is 476 g/mol. The summed E-state index contributed by atoms with van der Waals surface area (Å²) in [5.74, 6) is -0.133. The number of nitrogens with zero attached hydrogens (tertiary/aromatic N) is 2. The van der Waals surface area contributed by atoms with Crippen LogP contribution in [0.2, 0.25) is 5.02 Å². The van der Waals surface area contributed by atoms with Gasteiger partial charge >= 0.3 is 6.03 Å². The summed E-state index contributed by atoms with van der Waals surface area (Å²) in [4.78, 5) is 28.7. The maximum Gasteiger partial charge on any atom is 0.324 e.